The molecule has 0 atom stereocenters. The Morgan fingerprint density at radius 3 is 2.83 bits per heavy atom. The molecule has 0 spiro atoms. The molecule has 5 heterocycles. The van der Waals surface area contributed by atoms with Gasteiger partial charge in [0.15, 0.2) is 10.8 Å². The van der Waals surface area contributed by atoms with Crippen molar-refractivity contribution in [2.75, 3.05) is 13.1 Å². The Balaban J connectivity index is 1.41. The first-order chi connectivity index (χ1) is 14.2. The first kappa shape index (κ1) is 19.2. The van der Waals surface area contributed by atoms with Gasteiger partial charge < -0.3 is 4.42 Å². The van der Waals surface area contributed by atoms with Crippen LogP contribution in [-0.2, 0) is 12.3 Å². The summed E-state index contributed by atoms with van der Waals surface area (Å²) in [5.41, 5.74) is 2.36. The molecule has 1 saturated heterocycles. The van der Waals surface area contributed by atoms with E-state index in [1.165, 1.54) is 28.7 Å². The zero-order valence-corrected chi connectivity index (χ0v) is 18.9. The average molecular weight is 443 g/mol. The molecule has 5 nitrogen and oxygen atoms in total. The van der Waals surface area contributed by atoms with Crippen LogP contribution in [0, 0.1) is 13.8 Å². The maximum absolute atomic E-state index is 5.47. The quantitative estimate of drug-likeness (QED) is 0.273. The van der Waals surface area contributed by atoms with Crippen LogP contribution in [-0.4, -0.2) is 32.9 Å². The van der Waals surface area contributed by atoms with Gasteiger partial charge in [0.25, 0.3) is 0 Å². The predicted molar refractivity (Wildman–Crippen MR) is 121 cm³/mol. The van der Waals surface area contributed by atoms with Crippen molar-refractivity contribution in [3.8, 4) is 10.8 Å². The third-order valence-corrected chi connectivity index (χ3v) is 8.26. The summed E-state index contributed by atoms with van der Waals surface area (Å²) in [5, 5.41) is 5.33. The number of fused-ring (bicyclic) bond motifs is 1. The van der Waals surface area contributed by atoms with Crippen molar-refractivity contribution < 1.29 is 4.42 Å². The Kier molecular flexibility index (Phi) is 5.43. The van der Waals surface area contributed by atoms with E-state index in [0.717, 1.165) is 57.5 Å². The number of hydrogen-bond donors (Lipinski definition) is 0. The van der Waals surface area contributed by atoms with Crippen LogP contribution in [0.5, 0.6) is 0 Å². The molecule has 8 heteroatoms. The molecule has 1 fully saturated rings. The van der Waals surface area contributed by atoms with E-state index in [0.29, 0.717) is 0 Å². The highest BCUT2D eigenvalue weighted by molar-refractivity contribution is 7.98. The number of hydrogen-bond acceptors (Lipinski definition) is 8. The second-order valence-corrected chi connectivity index (χ2v) is 10.3. The largest absolute Gasteiger partial charge is 0.462 e. The molecule has 0 unspecified atom stereocenters. The number of nitrogens with zero attached hydrogens (tertiary/aromatic N) is 4. The molecule has 29 heavy (non-hydrogen) atoms. The first-order valence-electron chi connectivity index (χ1n) is 9.77. The van der Waals surface area contributed by atoms with Crippen LogP contribution in [0.3, 0.4) is 0 Å². The molecule has 0 amide bonds. The molecule has 4 aromatic rings. The lowest BCUT2D eigenvalue weighted by atomic mass is 10.2. The molecule has 1 aliphatic heterocycles. The predicted octanol–water partition coefficient (Wildman–Crippen LogP) is 5.91. The van der Waals surface area contributed by atoms with Gasteiger partial charge in [-0.2, -0.15) is 0 Å². The van der Waals surface area contributed by atoms with Gasteiger partial charge in [-0.1, -0.05) is 11.8 Å². The molecule has 4 aromatic heterocycles. The third-order valence-electron chi connectivity index (χ3n) is 5.25. The summed E-state index contributed by atoms with van der Waals surface area (Å²) >= 11 is 5.17. The van der Waals surface area contributed by atoms with E-state index in [9.17, 15) is 0 Å². The summed E-state index contributed by atoms with van der Waals surface area (Å²) < 4.78 is 5.47. The van der Waals surface area contributed by atoms with E-state index in [4.69, 9.17) is 19.4 Å². The van der Waals surface area contributed by atoms with Gasteiger partial charge in [-0.05, 0) is 57.5 Å². The van der Waals surface area contributed by atoms with Crippen LogP contribution in [0.25, 0.3) is 21.0 Å². The highest BCUT2D eigenvalue weighted by Gasteiger charge is 2.19. The first-order valence-corrected chi connectivity index (χ1v) is 12.5. The van der Waals surface area contributed by atoms with Crippen molar-refractivity contribution in [3.63, 3.8) is 0 Å². The molecule has 0 aliphatic carbocycles. The third kappa shape index (κ3) is 3.99. The van der Waals surface area contributed by atoms with E-state index in [1.807, 2.05) is 12.1 Å². The molecule has 1 aliphatic rings. The van der Waals surface area contributed by atoms with Gasteiger partial charge in [-0.3, -0.25) is 4.90 Å². The Bertz CT molecular complexity index is 1130. The number of furan rings is 1. The summed E-state index contributed by atoms with van der Waals surface area (Å²) in [4.78, 5) is 19.5. The van der Waals surface area contributed by atoms with Gasteiger partial charge in [0.1, 0.15) is 15.7 Å². The van der Waals surface area contributed by atoms with E-state index in [1.54, 1.807) is 40.7 Å². The zero-order chi connectivity index (χ0) is 19.8. The maximum atomic E-state index is 5.47. The number of likely N-dealkylation sites (tertiary alicyclic amines) is 1. The minimum Gasteiger partial charge on any atom is -0.462 e. The molecule has 0 radical (unpaired) electrons. The number of aryl methyl sites for hydroxylation is 2. The Morgan fingerprint density at radius 1 is 1.17 bits per heavy atom. The summed E-state index contributed by atoms with van der Waals surface area (Å²) in [5.74, 6) is 2.56. The fourth-order valence-corrected chi connectivity index (χ4v) is 6.60. The van der Waals surface area contributed by atoms with Gasteiger partial charge in [0.05, 0.1) is 18.5 Å². The molecule has 0 N–H and O–H groups in total. The molecule has 0 saturated carbocycles. The van der Waals surface area contributed by atoms with Crippen LogP contribution in [0.15, 0.2) is 33.2 Å². The maximum Gasteiger partial charge on any atom is 0.162 e. The van der Waals surface area contributed by atoms with Crippen molar-refractivity contribution in [1.82, 2.24) is 19.9 Å². The fraction of sp³-hybridized carbons (Fsp3) is 0.381. The molecular formula is C21H22N4OS3. The van der Waals surface area contributed by atoms with Crippen LogP contribution in [0.4, 0.5) is 0 Å². The highest BCUT2D eigenvalue weighted by atomic mass is 32.2. The standard InChI is InChI=1S/C21H22N4OS3/c1-13-14(2)29-21-18(13)20(23-17(24-21)10-25-7-3-4-8-25)28-12-15-11-27-19(22-15)16-6-5-9-26-16/h5-6,9,11H,3-4,7-8,10,12H2,1-2H3. The van der Waals surface area contributed by atoms with Gasteiger partial charge in [-0.15, -0.1) is 22.7 Å². The number of rotatable bonds is 6. The van der Waals surface area contributed by atoms with E-state index in [-0.39, 0.29) is 0 Å². The van der Waals surface area contributed by atoms with E-state index in [2.05, 4.69) is 24.1 Å². The van der Waals surface area contributed by atoms with Crippen LogP contribution < -0.4 is 0 Å². The monoisotopic (exact) mass is 442 g/mol. The van der Waals surface area contributed by atoms with Crippen molar-refractivity contribution in [2.24, 2.45) is 0 Å². The average Bonchev–Trinajstić information content (AvgIpc) is 3.49. The SMILES string of the molecule is Cc1sc2nc(CN3CCCC3)nc(SCc3csc(-c4ccco4)n3)c2c1C. The Hall–Kier alpha value is -1.74. The fourth-order valence-electron chi connectivity index (χ4n) is 3.60. The second-order valence-electron chi connectivity index (χ2n) is 7.30. The van der Waals surface area contributed by atoms with Crippen molar-refractivity contribution >= 4 is 44.7 Å². The van der Waals surface area contributed by atoms with Crippen LogP contribution in [0.2, 0.25) is 0 Å². The van der Waals surface area contributed by atoms with Crippen molar-refractivity contribution in [2.45, 2.75) is 44.0 Å². The lowest BCUT2D eigenvalue weighted by Gasteiger charge is -2.14. The van der Waals surface area contributed by atoms with Crippen molar-refractivity contribution in [1.29, 1.82) is 0 Å². The molecular weight excluding hydrogens is 420 g/mol. The lowest BCUT2D eigenvalue weighted by molar-refractivity contribution is 0.322. The number of thioether (sulfide) groups is 1. The molecule has 0 bridgehead atoms. The molecule has 0 aromatic carbocycles. The Morgan fingerprint density at radius 2 is 2.03 bits per heavy atom. The topological polar surface area (TPSA) is 55.1 Å². The summed E-state index contributed by atoms with van der Waals surface area (Å²) in [7, 11) is 0. The highest BCUT2D eigenvalue weighted by Crippen LogP contribution is 2.37. The molecule has 150 valence electrons. The number of aromatic nitrogens is 3. The number of thiazole rings is 1. The van der Waals surface area contributed by atoms with Gasteiger partial charge in [-0.25, -0.2) is 15.0 Å². The Labute approximate surface area is 182 Å². The minimum absolute atomic E-state index is 0.792. The van der Waals surface area contributed by atoms with Gasteiger partial charge in [0, 0.05) is 21.4 Å². The van der Waals surface area contributed by atoms with Crippen molar-refractivity contribution in [3.05, 3.63) is 45.7 Å². The normalized spacial score (nSPS) is 15.0. The van der Waals surface area contributed by atoms with Gasteiger partial charge in [0.2, 0.25) is 0 Å². The summed E-state index contributed by atoms with van der Waals surface area (Å²) in [6.07, 6.45) is 4.25. The van der Waals surface area contributed by atoms with Gasteiger partial charge >= 0.3 is 0 Å². The minimum atomic E-state index is 0.792. The van der Waals surface area contributed by atoms with Crippen LogP contribution in [0.1, 0.15) is 34.8 Å². The second kappa shape index (κ2) is 8.18. The molecule has 5 rings (SSSR count). The summed E-state index contributed by atoms with van der Waals surface area (Å²) in [6.45, 7) is 7.51. The number of thiophene rings is 1. The lowest BCUT2D eigenvalue weighted by Crippen LogP contribution is -2.20. The van der Waals surface area contributed by atoms with E-state index >= 15 is 0 Å². The van der Waals surface area contributed by atoms with Crippen LogP contribution >= 0.6 is 34.4 Å². The van der Waals surface area contributed by atoms with E-state index < -0.39 is 0 Å². The zero-order valence-electron chi connectivity index (χ0n) is 16.5. The summed E-state index contributed by atoms with van der Waals surface area (Å²) in [6, 6.07) is 3.85. The smallest absolute Gasteiger partial charge is 0.162 e.